The number of allylic oxidation sites excluding steroid dienone is 8. The molecule has 0 unspecified atom stereocenters. The fourth-order valence-electron chi connectivity index (χ4n) is 1.70. The number of rotatable bonds is 0. The molecule has 0 atom stereocenters. The maximum absolute atomic E-state index is 3.39. The Morgan fingerprint density at radius 2 is 1.50 bits per heavy atom. The van der Waals surface area contributed by atoms with Crippen molar-refractivity contribution >= 4 is 0 Å². The van der Waals surface area contributed by atoms with E-state index in [0.29, 0.717) is 0 Å². The quantitative estimate of drug-likeness (QED) is 0.416. The Labute approximate surface area is 114 Å². The van der Waals surface area contributed by atoms with Crippen LogP contribution in [0.2, 0.25) is 0 Å². The molecule has 0 bridgehead atoms. The fourth-order valence-corrected chi connectivity index (χ4v) is 1.70. The van der Waals surface area contributed by atoms with Crippen LogP contribution in [-0.4, -0.2) is 0 Å². The Balaban J connectivity index is 0.000000283. The third-order valence-electron chi connectivity index (χ3n) is 2.41. The smallest absolute Gasteiger partial charge is 0 e. The van der Waals surface area contributed by atoms with Gasteiger partial charge < -0.3 is 0 Å². The molecule has 0 aromatic rings. The first-order chi connectivity index (χ1) is 7.10. The first-order valence-corrected chi connectivity index (χ1v) is 5.68. The van der Waals surface area contributed by atoms with Crippen LogP contribution in [0.1, 0.15) is 40.0 Å². The van der Waals surface area contributed by atoms with Crippen LogP contribution in [0.5, 0.6) is 0 Å². The average Bonchev–Trinajstić information content (AvgIpc) is 2.19. The van der Waals surface area contributed by atoms with Gasteiger partial charge in [0.25, 0.3) is 0 Å². The number of hydrogen-bond acceptors (Lipinski definition) is 0. The Bertz CT molecular complexity index is 283. The molecule has 2 rings (SSSR count). The minimum Gasteiger partial charge on any atom is -0.266 e. The molecule has 0 spiro atoms. The summed E-state index contributed by atoms with van der Waals surface area (Å²) in [7, 11) is 0. The zero-order valence-corrected chi connectivity index (χ0v) is 12.8. The van der Waals surface area contributed by atoms with E-state index in [1.54, 1.807) is 0 Å². The monoisotopic (exact) mass is 394 g/mol. The van der Waals surface area contributed by atoms with Crippen molar-refractivity contribution in [2.75, 3.05) is 0 Å². The van der Waals surface area contributed by atoms with E-state index >= 15 is 0 Å². The summed E-state index contributed by atoms with van der Waals surface area (Å²) in [6, 6.07) is 0. The van der Waals surface area contributed by atoms with E-state index in [-0.39, 0.29) is 25.5 Å². The van der Waals surface area contributed by atoms with E-state index in [9.17, 15) is 0 Å². The number of hydrogen-bond donors (Lipinski definition) is 0. The molecule has 0 aromatic heterocycles. The van der Waals surface area contributed by atoms with Crippen molar-refractivity contribution in [3.05, 3.63) is 48.1 Å². The molecule has 0 aliphatic heterocycles. The van der Waals surface area contributed by atoms with Gasteiger partial charge >= 0.3 is 0 Å². The van der Waals surface area contributed by atoms with Gasteiger partial charge in [-0.15, -0.1) is 0 Å². The predicted octanol–water partition coefficient (Wildman–Crippen LogP) is 4.61. The van der Waals surface area contributed by atoms with Gasteiger partial charge in [0, 0.05) is 20.1 Å². The van der Waals surface area contributed by atoms with Gasteiger partial charge in [-0.3, -0.25) is 6.08 Å². The molecule has 16 heavy (non-hydrogen) atoms. The molecule has 1 radical (unpaired) electrons. The van der Waals surface area contributed by atoms with Crippen LogP contribution in [0.15, 0.2) is 42.0 Å². The van der Waals surface area contributed by atoms with Crippen molar-refractivity contribution in [3.8, 4) is 0 Å². The second kappa shape index (κ2) is 7.81. The topological polar surface area (TPSA) is 0 Å². The van der Waals surface area contributed by atoms with E-state index in [0.717, 1.165) is 19.3 Å². The molecule has 0 N–H and O–H groups in total. The summed E-state index contributed by atoms with van der Waals surface area (Å²) in [5.41, 5.74) is 1.55. The molecule has 0 saturated heterocycles. The van der Waals surface area contributed by atoms with Crippen molar-refractivity contribution < 1.29 is 20.1 Å². The van der Waals surface area contributed by atoms with Crippen LogP contribution in [-0.2, 0) is 20.1 Å². The molecule has 91 valence electrons. The fraction of sp³-hybridized carbons (Fsp3) is 0.467. The molecular formula is C15H21Ir-. The summed E-state index contributed by atoms with van der Waals surface area (Å²) in [4.78, 5) is 0. The SMILES string of the molecule is C1=CCC=CC1.CC1=[C-]C(C)(C)CC=C1.[Ir]. The van der Waals surface area contributed by atoms with E-state index in [1.807, 2.05) is 0 Å². The van der Waals surface area contributed by atoms with Crippen LogP contribution in [0, 0.1) is 11.5 Å². The minimum atomic E-state index is 0. The zero-order chi connectivity index (χ0) is 11.1. The summed E-state index contributed by atoms with van der Waals surface area (Å²) in [6.07, 6.45) is 19.9. The van der Waals surface area contributed by atoms with Crippen LogP contribution in [0.3, 0.4) is 0 Å². The van der Waals surface area contributed by atoms with Crippen LogP contribution in [0.25, 0.3) is 0 Å². The summed E-state index contributed by atoms with van der Waals surface area (Å²) >= 11 is 0. The standard InChI is InChI=1S/C9H13.C6H8.Ir/c1-8-5-4-6-9(2,3)7-8;1-2-4-6-5-3-1;/h4-5H,6H2,1-3H3;1-2,5-6H,3-4H2;/q-1;;. The summed E-state index contributed by atoms with van der Waals surface area (Å²) < 4.78 is 0. The van der Waals surface area contributed by atoms with Crippen molar-refractivity contribution in [1.82, 2.24) is 0 Å². The van der Waals surface area contributed by atoms with Gasteiger partial charge in [-0.1, -0.05) is 56.9 Å². The molecule has 0 nitrogen and oxygen atoms in total. The normalized spacial score (nSPS) is 20.3. The van der Waals surface area contributed by atoms with E-state index < -0.39 is 0 Å². The molecule has 2 aliphatic carbocycles. The minimum absolute atomic E-state index is 0. The Hall–Kier alpha value is -0.391. The molecule has 0 heterocycles. The van der Waals surface area contributed by atoms with Gasteiger partial charge in [-0.25, -0.2) is 11.6 Å². The summed E-state index contributed by atoms with van der Waals surface area (Å²) in [5, 5.41) is 0. The van der Waals surface area contributed by atoms with Gasteiger partial charge in [-0.05, 0) is 12.8 Å². The van der Waals surface area contributed by atoms with Crippen LogP contribution >= 0.6 is 0 Å². The molecule has 0 amide bonds. The molecule has 0 fully saturated rings. The second-order valence-electron chi connectivity index (χ2n) is 4.71. The maximum atomic E-state index is 3.39. The Kier molecular flexibility index (Phi) is 7.62. The second-order valence-corrected chi connectivity index (χ2v) is 4.71. The van der Waals surface area contributed by atoms with Crippen molar-refractivity contribution in [2.24, 2.45) is 5.41 Å². The zero-order valence-electron chi connectivity index (χ0n) is 10.4. The van der Waals surface area contributed by atoms with E-state index in [1.165, 1.54) is 5.57 Å². The molecule has 0 saturated carbocycles. The summed E-state index contributed by atoms with van der Waals surface area (Å²) in [5.74, 6) is 0. The third-order valence-corrected chi connectivity index (χ3v) is 2.41. The van der Waals surface area contributed by atoms with Crippen LogP contribution in [0.4, 0.5) is 0 Å². The van der Waals surface area contributed by atoms with E-state index in [4.69, 9.17) is 0 Å². The van der Waals surface area contributed by atoms with Crippen LogP contribution < -0.4 is 0 Å². The first-order valence-electron chi connectivity index (χ1n) is 5.68. The van der Waals surface area contributed by atoms with Gasteiger partial charge in [0.2, 0.25) is 0 Å². The predicted molar refractivity (Wildman–Crippen MR) is 67.5 cm³/mol. The largest absolute Gasteiger partial charge is 0.266 e. The Morgan fingerprint density at radius 3 is 1.75 bits per heavy atom. The average molecular weight is 394 g/mol. The maximum Gasteiger partial charge on any atom is 0 e. The van der Waals surface area contributed by atoms with Gasteiger partial charge in [0.15, 0.2) is 0 Å². The molecular weight excluding hydrogens is 372 g/mol. The van der Waals surface area contributed by atoms with E-state index in [2.05, 4.69) is 63.3 Å². The van der Waals surface area contributed by atoms with Gasteiger partial charge in [0.05, 0.1) is 0 Å². The van der Waals surface area contributed by atoms with Gasteiger partial charge in [-0.2, -0.15) is 6.08 Å². The first kappa shape index (κ1) is 15.6. The molecule has 1 heteroatoms. The van der Waals surface area contributed by atoms with Crippen molar-refractivity contribution in [1.29, 1.82) is 0 Å². The third kappa shape index (κ3) is 6.98. The summed E-state index contributed by atoms with van der Waals surface area (Å²) in [6.45, 7) is 6.51. The van der Waals surface area contributed by atoms with Crippen molar-refractivity contribution in [2.45, 2.75) is 40.0 Å². The Morgan fingerprint density at radius 1 is 1.00 bits per heavy atom. The molecule has 2 aliphatic rings. The molecule has 0 aromatic carbocycles. The van der Waals surface area contributed by atoms with Gasteiger partial charge in [0.1, 0.15) is 0 Å². The van der Waals surface area contributed by atoms with Crippen molar-refractivity contribution in [3.63, 3.8) is 0 Å².